The summed E-state index contributed by atoms with van der Waals surface area (Å²) in [7, 11) is 0. The molecule has 0 amide bonds. The lowest BCUT2D eigenvalue weighted by molar-refractivity contribution is -0.385. The molecule has 0 aromatic heterocycles. The molecule has 0 bridgehead atoms. The van der Waals surface area contributed by atoms with Gasteiger partial charge in [-0.25, -0.2) is 9.18 Å². The maximum absolute atomic E-state index is 12.9. The number of nitro benzene ring substituents is 1. The molecule has 0 spiro atoms. The van der Waals surface area contributed by atoms with Gasteiger partial charge in [0.15, 0.2) is 6.10 Å². The molecule has 2 rings (SSSR count). The molecule has 0 fully saturated rings. The molecule has 0 heterocycles. The van der Waals surface area contributed by atoms with Crippen LogP contribution in [0.15, 0.2) is 42.5 Å². The van der Waals surface area contributed by atoms with Crippen LogP contribution in [-0.4, -0.2) is 22.8 Å². The Hall–Kier alpha value is -3.09. The number of Topliss-reactive ketones (excluding diaryl/α,β-unsaturated/α-hetero) is 1. The Labute approximate surface area is 137 Å². The Morgan fingerprint density at radius 1 is 1.17 bits per heavy atom. The van der Waals surface area contributed by atoms with E-state index in [4.69, 9.17) is 4.74 Å². The normalized spacial score (nSPS) is 11.6. The second-order valence-corrected chi connectivity index (χ2v) is 5.13. The summed E-state index contributed by atoms with van der Waals surface area (Å²) in [4.78, 5) is 34.7. The Morgan fingerprint density at radius 3 is 2.38 bits per heavy atom. The first-order valence-electron chi connectivity index (χ1n) is 7.06. The number of carbonyl (C=O) groups excluding carboxylic acids is 2. The van der Waals surface area contributed by atoms with Crippen molar-refractivity contribution >= 4 is 17.4 Å². The Bertz CT molecular complexity index is 801. The molecule has 0 unspecified atom stereocenters. The van der Waals surface area contributed by atoms with Crippen LogP contribution >= 0.6 is 0 Å². The SMILES string of the molecule is Cc1c(C(=O)O[C@H](C)C(=O)c2ccc(F)cc2)cccc1[N+](=O)[O-]. The molecule has 0 saturated heterocycles. The average Bonchev–Trinajstić information content (AvgIpc) is 2.54. The van der Waals surface area contributed by atoms with Crippen molar-refractivity contribution in [3.8, 4) is 0 Å². The molecule has 124 valence electrons. The molecular weight excluding hydrogens is 317 g/mol. The first kappa shape index (κ1) is 17.3. The van der Waals surface area contributed by atoms with Crippen LogP contribution in [-0.2, 0) is 4.74 Å². The summed E-state index contributed by atoms with van der Waals surface area (Å²) in [6.07, 6.45) is -1.11. The fourth-order valence-corrected chi connectivity index (χ4v) is 2.17. The van der Waals surface area contributed by atoms with E-state index in [1.165, 1.54) is 44.2 Å². The van der Waals surface area contributed by atoms with Gasteiger partial charge in [-0.2, -0.15) is 0 Å². The van der Waals surface area contributed by atoms with Gasteiger partial charge >= 0.3 is 5.97 Å². The molecule has 0 aliphatic carbocycles. The first-order chi connectivity index (χ1) is 11.3. The predicted molar refractivity (Wildman–Crippen MR) is 83.4 cm³/mol. The van der Waals surface area contributed by atoms with Gasteiger partial charge in [0, 0.05) is 17.2 Å². The predicted octanol–water partition coefficient (Wildman–Crippen LogP) is 3.47. The number of nitro groups is 1. The number of benzene rings is 2. The monoisotopic (exact) mass is 331 g/mol. The fraction of sp³-hybridized carbons (Fsp3) is 0.176. The Balaban J connectivity index is 2.17. The highest BCUT2D eigenvalue weighted by Crippen LogP contribution is 2.22. The zero-order valence-electron chi connectivity index (χ0n) is 13.0. The second-order valence-electron chi connectivity index (χ2n) is 5.13. The van der Waals surface area contributed by atoms with Crippen LogP contribution in [0.25, 0.3) is 0 Å². The number of esters is 1. The summed E-state index contributed by atoms with van der Waals surface area (Å²) in [6, 6.07) is 8.88. The zero-order valence-corrected chi connectivity index (χ0v) is 13.0. The molecule has 0 saturated carbocycles. The van der Waals surface area contributed by atoms with Crippen LogP contribution in [0, 0.1) is 22.9 Å². The summed E-state index contributed by atoms with van der Waals surface area (Å²) < 4.78 is 18.0. The lowest BCUT2D eigenvalue weighted by Crippen LogP contribution is -2.25. The van der Waals surface area contributed by atoms with Gasteiger partial charge in [-0.05, 0) is 44.2 Å². The molecule has 2 aromatic rings. The molecule has 1 atom stereocenters. The molecule has 6 nitrogen and oxygen atoms in total. The third kappa shape index (κ3) is 3.62. The van der Waals surface area contributed by atoms with Crippen molar-refractivity contribution in [3.63, 3.8) is 0 Å². The van der Waals surface area contributed by atoms with E-state index in [2.05, 4.69) is 0 Å². The van der Waals surface area contributed by atoms with Gasteiger partial charge in [-0.3, -0.25) is 14.9 Å². The molecule has 0 N–H and O–H groups in total. The zero-order chi connectivity index (χ0) is 17.9. The van der Waals surface area contributed by atoms with Crippen LogP contribution in [0.3, 0.4) is 0 Å². The highest BCUT2D eigenvalue weighted by molar-refractivity contribution is 6.01. The second kappa shape index (κ2) is 6.99. The lowest BCUT2D eigenvalue weighted by atomic mass is 10.1. The molecule has 7 heteroatoms. The number of rotatable bonds is 5. The highest BCUT2D eigenvalue weighted by Gasteiger charge is 2.24. The number of carbonyl (C=O) groups is 2. The first-order valence-corrected chi connectivity index (χ1v) is 7.06. The Morgan fingerprint density at radius 2 is 1.79 bits per heavy atom. The number of halogens is 1. The van der Waals surface area contributed by atoms with Crippen molar-refractivity contribution in [1.82, 2.24) is 0 Å². The maximum atomic E-state index is 12.9. The van der Waals surface area contributed by atoms with Crippen LogP contribution in [0.5, 0.6) is 0 Å². The third-order valence-corrected chi connectivity index (χ3v) is 3.50. The van der Waals surface area contributed by atoms with E-state index < -0.39 is 28.6 Å². The number of ether oxygens (including phenoxy) is 1. The number of hydrogen-bond acceptors (Lipinski definition) is 5. The average molecular weight is 331 g/mol. The fourth-order valence-electron chi connectivity index (χ4n) is 2.17. The molecule has 0 radical (unpaired) electrons. The van der Waals surface area contributed by atoms with Gasteiger partial charge < -0.3 is 4.74 Å². The van der Waals surface area contributed by atoms with Crippen molar-refractivity contribution < 1.29 is 23.6 Å². The van der Waals surface area contributed by atoms with E-state index in [-0.39, 0.29) is 22.4 Å². The third-order valence-electron chi connectivity index (χ3n) is 3.50. The maximum Gasteiger partial charge on any atom is 0.339 e. The summed E-state index contributed by atoms with van der Waals surface area (Å²) in [5.74, 6) is -1.81. The summed E-state index contributed by atoms with van der Waals surface area (Å²) in [5, 5.41) is 10.9. The smallest absolute Gasteiger partial charge is 0.339 e. The standard InChI is InChI=1S/C17H14FNO5/c1-10-14(4-3-5-15(10)19(22)23)17(21)24-11(2)16(20)12-6-8-13(18)9-7-12/h3-9,11H,1-2H3/t11-/m1/s1. The molecule has 2 aromatic carbocycles. The largest absolute Gasteiger partial charge is 0.451 e. The van der Waals surface area contributed by atoms with Gasteiger partial charge in [-0.15, -0.1) is 0 Å². The summed E-state index contributed by atoms with van der Waals surface area (Å²) >= 11 is 0. The van der Waals surface area contributed by atoms with Crippen molar-refractivity contribution in [2.45, 2.75) is 20.0 Å². The van der Waals surface area contributed by atoms with Gasteiger partial charge in [0.1, 0.15) is 5.82 Å². The number of nitrogens with zero attached hydrogens (tertiary/aromatic N) is 1. The topological polar surface area (TPSA) is 86.5 Å². The molecular formula is C17H14FNO5. The molecule has 0 aliphatic rings. The van der Waals surface area contributed by atoms with Crippen LogP contribution in [0.1, 0.15) is 33.2 Å². The lowest BCUT2D eigenvalue weighted by Gasteiger charge is -2.13. The van der Waals surface area contributed by atoms with E-state index in [1.807, 2.05) is 0 Å². The van der Waals surface area contributed by atoms with Gasteiger partial charge in [-0.1, -0.05) is 6.07 Å². The summed E-state index contributed by atoms with van der Waals surface area (Å²) in [6.45, 7) is 2.82. The number of hydrogen-bond donors (Lipinski definition) is 0. The quantitative estimate of drug-likeness (QED) is 0.362. The van der Waals surface area contributed by atoms with Gasteiger partial charge in [0.25, 0.3) is 5.69 Å². The Kier molecular flexibility index (Phi) is 5.03. The van der Waals surface area contributed by atoms with Crippen LogP contribution in [0.2, 0.25) is 0 Å². The van der Waals surface area contributed by atoms with E-state index in [0.717, 1.165) is 12.1 Å². The van der Waals surface area contributed by atoms with Crippen molar-refractivity contribution in [3.05, 3.63) is 75.1 Å². The van der Waals surface area contributed by atoms with Gasteiger partial charge in [0.2, 0.25) is 5.78 Å². The summed E-state index contributed by atoms with van der Waals surface area (Å²) in [5.41, 5.74) is 0.173. The molecule has 0 aliphatic heterocycles. The van der Waals surface area contributed by atoms with Crippen LogP contribution in [0.4, 0.5) is 10.1 Å². The van der Waals surface area contributed by atoms with Crippen LogP contribution < -0.4 is 0 Å². The van der Waals surface area contributed by atoms with Crippen molar-refractivity contribution in [2.75, 3.05) is 0 Å². The van der Waals surface area contributed by atoms with Crippen molar-refractivity contribution in [1.29, 1.82) is 0 Å². The van der Waals surface area contributed by atoms with E-state index in [0.29, 0.717) is 0 Å². The minimum absolute atomic E-state index is 0.0166. The van der Waals surface area contributed by atoms with E-state index >= 15 is 0 Å². The number of ketones is 1. The minimum atomic E-state index is -1.11. The van der Waals surface area contributed by atoms with Gasteiger partial charge in [0.05, 0.1) is 10.5 Å². The minimum Gasteiger partial charge on any atom is -0.451 e. The molecule has 24 heavy (non-hydrogen) atoms. The van der Waals surface area contributed by atoms with E-state index in [9.17, 15) is 24.1 Å². The highest BCUT2D eigenvalue weighted by atomic mass is 19.1. The van der Waals surface area contributed by atoms with E-state index in [1.54, 1.807) is 0 Å². The van der Waals surface area contributed by atoms with Crippen molar-refractivity contribution in [2.24, 2.45) is 0 Å².